The molecule has 0 N–H and O–H groups in total. The zero-order chi connectivity index (χ0) is 19.4. The number of hydrogen-bond donors (Lipinski definition) is 0. The van der Waals surface area contributed by atoms with E-state index >= 15 is 0 Å². The summed E-state index contributed by atoms with van der Waals surface area (Å²) >= 11 is 0. The summed E-state index contributed by atoms with van der Waals surface area (Å²) in [6.07, 6.45) is 0. The van der Waals surface area contributed by atoms with Gasteiger partial charge < -0.3 is 23.8 Å². The molecule has 8 nitrogen and oxygen atoms in total. The van der Waals surface area contributed by atoms with Gasteiger partial charge in [-0.3, -0.25) is 0 Å². The van der Waals surface area contributed by atoms with Crippen molar-refractivity contribution in [2.75, 3.05) is 39.6 Å². The maximum absolute atomic E-state index is 14.4. The predicted molar refractivity (Wildman–Crippen MR) is 82.1 cm³/mol. The van der Waals surface area contributed by atoms with Crippen molar-refractivity contribution in [3.05, 3.63) is 40.6 Å². The van der Waals surface area contributed by atoms with E-state index in [1.54, 1.807) is 0 Å². The summed E-state index contributed by atoms with van der Waals surface area (Å²) in [5.41, 5.74) is -1.49. The summed E-state index contributed by atoms with van der Waals surface area (Å²) in [6, 6.07) is 1.31. The molecule has 0 aliphatic carbocycles. The molecule has 2 rings (SSSR count). The van der Waals surface area contributed by atoms with Crippen LogP contribution in [-0.2, 0) is 28.5 Å². The van der Waals surface area contributed by atoms with E-state index in [9.17, 15) is 23.2 Å². The number of methoxy groups -OCH3 is 3. The monoisotopic (exact) mass is 371 g/mol. The second-order valence-corrected chi connectivity index (χ2v) is 4.99. The molecule has 0 fully saturated rings. The molecule has 1 aliphatic rings. The summed E-state index contributed by atoms with van der Waals surface area (Å²) in [5.74, 6) is -5.12. The summed E-state index contributed by atoms with van der Waals surface area (Å²) < 4.78 is 47.1. The second kappa shape index (κ2) is 7.91. The molecule has 1 aliphatic heterocycles. The lowest BCUT2D eigenvalue weighted by Crippen LogP contribution is -2.39. The zero-order valence-corrected chi connectivity index (χ0v) is 14.1. The lowest BCUT2D eigenvalue weighted by atomic mass is 10.1. The van der Waals surface area contributed by atoms with Crippen LogP contribution in [0.25, 0.3) is 0 Å². The van der Waals surface area contributed by atoms with Gasteiger partial charge in [-0.25, -0.2) is 23.2 Å². The fourth-order valence-electron chi connectivity index (χ4n) is 2.34. The van der Waals surface area contributed by atoms with Crippen molar-refractivity contribution in [1.29, 1.82) is 0 Å². The minimum atomic E-state index is -1.15. The van der Waals surface area contributed by atoms with E-state index in [-0.39, 0.29) is 30.3 Å². The largest absolute Gasteiger partial charge is 0.466 e. The number of hydrogen-bond acceptors (Lipinski definition) is 8. The number of benzene rings is 1. The topological polar surface area (TPSA) is 91.4 Å². The van der Waals surface area contributed by atoms with E-state index in [1.807, 2.05) is 0 Å². The van der Waals surface area contributed by atoms with Crippen molar-refractivity contribution >= 4 is 23.6 Å². The van der Waals surface area contributed by atoms with E-state index < -0.39 is 35.1 Å². The summed E-state index contributed by atoms with van der Waals surface area (Å²) in [4.78, 5) is 36.7. The number of carbonyl (C=O) groups excluding carboxylic acids is 3. The normalized spacial score (nSPS) is 14.1. The smallest absolute Gasteiger partial charge is 0.355 e. The Morgan fingerprint density at radius 1 is 0.962 bits per heavy atom. The molecule has 1 heterocycles. The highest BCUT2D eigenvalue weighted by Crippen LogP contribution is 2.31. The Bertz CT molecular complexity index is 791. The van der Waals surface area contributed by atoms with Crippen molar-refractivity contribution in [3.8, 4) is 0 Å². The van der Waals surface area contributed by atoms with Gasteiger partial charge in [0.15, 0.2) is 0 Å². The van der Waals surface area contributed by atoms with Gasteiger partial charge in [-0.05, 0) is 6.07 Å². The second-order valence-electron chi connectivity index (χ2n) is 4.99. The van der Waals surface area contributed by atoms with Crippen LogP contribution in [0, 0.1) is 11.6 Å². The van der Waals surface area contributed by atoms with Crippen molar-refractivity contribution in [3.63, 3.8) is 0 Å². The highest BCUT2D eigenvalue weighted by atomic mass is 19.1. The van der Waals surface area contributed by atoms with Crippen LogP contribution in [0.2, 0.25) is 0 Å². The standard InChI is InChI=1S/C16H15F2NO7/c1-23-14(20)8-4-12(11(18)5-10(8)17)19-7-26-6-9(15(21)24-2)13(19)16(22)25-3/h4-5H,6-7H2,1-3H3. The van der Waals surface area contributed by atoms with E-state index in [4.69, 9.17) is 4.74 Å². The van der Waals surface area contributed by atoms with Crippen LogP contribution in [0.15, 0.2) is 23.4 Å². The molecule has 0 spiro atoms. The average Bonchev–Trinajstić information content (AvgIpc) is 2.65. The molecule has 0 amide bonds. The van der Waals surface area contributed by atoms with Gasteiger partial charge in [-0.1, -0.05) is 0 Å². The molecular formula is C16H15F2NO7. The van der Waals surface area contributed by atoms with Crippen LogP contribution in [0.4, 0.5) is 14.5 Å². The molecular weight excluding hydrogens is 356 g/mol. The van der Waals surface area contributed by atoms with Gasteiger partial charge in [-0.15, -0.1) is 0 Å². The average molecular weight is 371 g/mol. The summed E-state index contributed by atoms with van der Waals surface area (Å²) in [7, 11) is 3.19. The molecule has 26 heavy (non-hydrogen) atoms. The predicted octanol–water partition coefficient (Wildman–Crippen LogP) is 1.15. The first-order chi connectivity index (χ1) is 12.3. The summed E-state index contributed by atoms with van der Waals surface area (Å²) in [6.45, 7) is -0.631. The molecule has 0 aromatic heterocycles. The van der Waals surface area contributed by atoms with Gasteiger partial charge in [-0.2, -0.15) is 0 Å². The maximum atomic E-state index is 14.4. The highest BCUT2D eigenvalue weighted by molar-refractivity contribution is 6.03. The third-order valence-corrected chi connectivity index (χ3v) is 3.57. The highest BCUT2D eigenvalue weighted by Gasteiger charge is 2.34. The van der Waals surface area contributed by atoms with E-state index in [2.05, 4.69) is 14.2 Å². The Morgan fingerprint density at radius 3 is 2.15 bits per heavy atom. The number of rotatable bonds is 4. The molecule has 1 aromatic rings. The van der Waals surface area contributed by atoms with Gasteiger partial charge in [0.1, 0.15) is 24.1 Å². The van der Waals surface area contributed by atoms with Gasteiger partial charge in [0.05, 0.1) is 44.8 Å². The van der Waals surface area contributed by atoms with Crippen LogP contribution in [0.3, 0.4) is 0 Å². The van der Waals surface area contributed by atoms with Crippen molar-refractivity contribution in [2.24, 2.45) is 0 Å². The Labute approximate surface area is 146 Å². The quantitative estimate of drug-likeness (QED) is 0.575. The molecule has 0 atom stereocenters. The fraction of sp³-hybridized carbons (Fsp3) is 0.312. The van der Waals surface area contributed by atoms with Gasteiger partial charge in [0, 0.05) is 6.07 Å². The third-order valence-electron chi connectivity index (χ3n) is 3.57. The third kappa shape index (κ3) is 3.49. The maximum Gasteiger partial charge on any atom is 0.355 e. The van der Waals surface area contributed by atoms with Gasteiger partial charge in [0.25, 0.3) is 0 Å². The zero-order valence-electron chi connectivity index (χ0n) is 14.1. The van der Waals surface area contributed by atoms with Crippen molar-refractivity contribution < 1.29 is 42.1 Å². The molecule has 0 radical (unpaired) electrons. The SMILES string of the molecule is COC(=O)C1=C(C(=O)OC)N(c2cc(C(=O)OC)c(F)cc2F)COC1. The Hall–Kier alpha value is -3.01. The van der Waals surface area contributed by atoms with Crippen LogP contribution in [0.5, 0.6) is 0 Å². The minimum Gasteiger partial charge on any atom is -0.466 e. The number of nitrogens with zero attached hydrogens (tertiary/aromatic N) is 1. The molecule has 140 valence electrons. The van der Waals surface area contributed by atoms with E-state index in [0.717, 1.165) is 32.3 Å². The Kier molecular flexibility index (Phi) is 5.88. The lowest BCUT2D eigenvalue weighted by molar-refractivity contribution is -0.140. The first-order valence-corrected chi connectivity index (χ1v) is 7.18. The fourth-order valence-corrected chi connectivity index (χ4v) is 2.34. The van der Waals surface area contributed by atoms with Crippen molar-refractivity contribution in [2.45, 2.75) is 0 Å². The lowest BCUT2D eigenvalue weighted by Gasteiger charge is -2.31. The number of halogens is 2. The Balaban J connectivity index is 2.67. The molecule has 0 saturated carbocycles. The van der Waals surface area contributed by atoms with Gasteiger partial charge >= 0.3 is 17.9 Å². The van der Waals surface area contributed by atoms with Crippen LogP contribution in [-0.4, -0.2) is 52.6 Å². The van der Waals surface area contributed by atoms with Crippen molar-refractivity contribution in [1.82, 2.24) is 0 Å². The van der Waals surface area contributed by atoms with E-state index in [0.29, 0.717) is 6.07 Å². The number of anilines is 1. The van der Waals surface area contributed by atoms with Gasteiger partial charge in [0.2, 0.25) is 0 Å². The van der Waals surface area contributed by atoms with E-state index in [1.165, 1.54) is 0 Å². The van der Waals surface area contributed by atoms with Crippen LogP contribution < -0.4 is 4.90 Å². The number of esters is 3. The van der Waals surface area contributed by atoms with Crippen LogP contribution >= 0.6 is 0 Å². The molecule has 10 heteroatoms. The Morgan fingerprint density at radius 2 is 1.58 bits per heavy atom. The molecule has 0 saturated heterocycles. The molecule has 0 unspecified atom stereocenters. The molecule has 1 aromatic carbocycles. The number of carbonyl (C=O) groups is 3. The molecule has 0 bridgehead atoms. The first kappa shape index (κ1) is 19.3. The van der Waals surface area contributed by atoms with Crippen LogP contribution in [0.1, 0.15) is 10.4 Å². The minimum absolute atomic E-state index is 0.214. The number of ether oxygens (including phenoxy) is 4. The summed E-state index contributed by atoms with van der Waals surface area (Å²) in [5, 5.41) is 0. The first-order valence-electron chi connectivity index (χ1n) is 7.18.